The molecular weight excluding hydrogens is 454 g/mol. The lowest BCUT2D eigenvalue weighted by atomic mass is 9.81. The zero-order valence-electron chi connectivity index (χ0n) is 21.5. The van der Waals surface area contributed by atoms with Gasteiger partial charge in [-0.3, -0.25) is 9.59 Å². The minimum atomic E-state index is -0.844. The van der Waals surface area contributed by atoms with E-state index in [9.17, 15) is 14.7 Å². The molecule has 2 atom stereocenters. The molecular formula is C30H41NO3S. The summed E-state index contributed by atoms with van der Waals surface area (Å²) in [5.74, 6) is 0.454. The molecule has 2 aromatic carbocycles. The highest BCUT2D eigenvalue weighted by Crippen LogP contribution is 2.32. The van der Waals surface area contributed by atoms with Gasteiger partial charge >= 0.3 is 5.97 Å². The number of aryl methyl sites for hydroxylation is 2. The Kier molecular flexibility index (Phi) is 10.9. The van der Waals surface area contributed by atoms with Crippen LogP contribution in [0.15, 0.2) is 42.5 Å². The predicted octanol–water partition coefficient (Wildman–Crippen LogP) is 6.79. The number of carbonyl (C=O) groups is 2. The summed E-state index contributed by atoms with van der Waals surface area (Å²) in [5, 5.41) is 12.9. The third-order valence-electron chi connectivity index (χ3n) is 7.49. The highest BCUT2D eigenvalue weighted by atomic mass is 32.2. The first-order valence-corrected chi connectivity index (χ1v) is 14.4. The molecule has 1 saturated carbocycles. The van der Waals surface area contributed by atoms with Crippen molar-refractivity contribution in [1.29, 1.82) is 0 Å². The molecule has 2 unspecified atom stereocenters. The highest BCUT2D eigenvalue weighted by Gasteiger charge is 2.24. The van der Waals surface area contributed by atoms with Crippen LogP contribution in [0, 0.1) is 18.8 Å². The highest BCUT2D eigenvalue weighted by molar-refractivity contribution is 7.98. The minimum Gasteiger partial charge on any atom is -0.481 e. The maximum absolute atomic E-state index is 13.4. The van der Waals surface area contributed by atoms with Crippen molar-refractivity contribution in [2.45, 2.75) is 70.8 Å². The number of rotatable bonds is 13. The summed E-state index contributed by atoms with van der Waals surface area (Å²) in [6.45, 7) is 2.08. The van der Waals surface area contributed by atoms with Gasteiger partial charge in [0.2, 0.25) is 0 Å². The van der Waals surface area contributed by atoms with Crippen molar-refractivity contribution < 1.29 is 14.7 Å². The average molecular weight is 496 g/mol. The standard InChI is InChI=1S/C30H41NO3S/c1-21-9-7-8-12-25(21)27-17-22(14-16-28(31-2)24-10-5-4-6-11-24)13-15-26(27)29(32)18-23(20-35-3)19-30(33)34/h7-9,12-13,15,17,23-24,28,31H,4-6,10-11,14,16,18-20H2,1-3H3,(H,33,34). The molecule has 0 heterocycles. The van der Waals surface area contributed by atoms with Gasteiger partial charge in [0.15, 0.2) is 5.78 Å². The Hall–Kier alpha value is -2.11. The molecule has 5 heteroatoms. The Morgan fingerprint density at radius 2 is 1.80 bits per heavy atom. The number of aliphatic carboxylic acids is 1. The first-order valence-electron chi connectivity index (χ1n) is 13.0. The Bertz CT molecular complexity index is 983. The number of benzene rings is 2. The normalized spacial score (nSPS) is 16.1. The molecule has 0 aromatic heterocycles. The molecule has 35 heavy (non-hydrogen) atoms. The minimum absolute atomic E-state index is 0.0247. The van der Waals surface area contributed by atoms with E-state index in [1.54, 1.807) is 11.8 Å². The largest absolute Gasteiger partial charge is 0.481 e. The van der Waals surface area contributed by atoms with Gasteiger partial charge in [-0.25, -0.2) is 0 Å². The zero-order valence-corrected chi connectivity index (χ0v) is 22.3. The molecule has 0 spiro atoms. The summed E-state index contributed by atoms with van der Waals surface area (Å²) in [6, 6.07) is 15.0. The van der Waals surface area contributed by atoms with Gasteiger partial charge in [-0.15, -0.1) is 0 Å². The zero-order chi connectivity index (χ0) is 25.2. The molecule has 0 amide bonds. The molecule has 0 aliphatic heterocycles. The van der Waals surface area contributed by atoms with Gasteiger partial charge in [-0.05, 0) is 85.8 Å². The number of Topliss-reactive ketones (excluding diaryl/α,β-unsaturated/α-hetero) is 1. The lowest BCUT2D eigenvalue weighted by Crippen LogP contribution is -2.35. The number of nitrogens with one attached hydrogen (secondary N) is 1. The van der Waals surface area contributed by atoms with E-state index in [0.717, 1.165) is 35.4 Å². The van der Waals surface area contributed by atoms with Gasteiger partial charge in [-0.1, -0.05) is 61.7 Å². The molecule has 4 nitrogen and oxygen atoms in total. The third-order valence-corrected chi connectivity index (χ3v) is 8.30. The Morgan fingerprint density at radius 1 is 1.06 bits per heavy atom. The van der Waals surface area contributed by atoms with Crippen LogP contribution in [0.25, 0.3) is 11.1 Å². The van der Waals surface area contributed by atoms with E-state index in [1.807, 2.05) is 24.5 Å². The number of ketones is 1. The van der Waals surface area contributed by atoms with Crippen LogP contribution in [-0.4, -0.2) is 42.0 Å². The molecule has 3 rings (SSSR count). The first-order chi connectivity index (χ1) is 16.9. The average Bonchev–Trinajstić information content (AvgIpc) is 2.85. The van der Waals surface area contributed by atoms with E-state index in [2.05, 4.69) is 43.6 Å². The number of hydrogen-bond acceptors (Lipinski definition) is 4. The molecule has 2 N–H and O–H groups in total. The van der Waals surface area contributed by atoms with Crippen molar-refractivity contribution >= 4 is 23.5 Å². The molecule has 0 saturated heterocycles. The molecule has 0 radical (unpaired) electrons. The molecule has 2 aromatic rings. The van der Waals surface area contributed by atoms with Crippen LogP contribution in [-0.2, 0) is 11.2 Å². The van der Waals surface area contributed by atoms with Gasteiger partial charge in [-0.2, -0.15) is 11.8 Å². The summed E-state index contributed by atoms with van der Waals surface area (Å²) in [4.78, 5) is 24.8. The van der Waals surface area contributed by atoms with Crippen LogP contribution in [0.3, 0.4) is 0 Å². The van der Waals surface area contributed by atoms with Gasteiger partial charge < -0.3 is 10.4 Å². The van der Waals surface area contributed by atoms with Gasteiger partial charge in [0.05, 0.1) is 0 Å². The second kappa shape index (κ2) is 13.8. The maximum atomic E-state index is 13.4. The van der Waals surface area contributed by atoms with Crippen LogP contribution in [0.4, 0.5) is 0 Å². The summed E-state index contributed by atoms with van der Waals surface area (Å²) in [5.41, 5.74) is 5.15. The first kappa shape index (κ1) is 27.5. The topological polar surface area (TPSA) is 66.4 Å². The fourth-order valence-electron chi connectivity index (χ4n) is 5.61. The van der Waals surface area contributed by atoms with Crippen molar-refractivity contribution in [1.82, 2.24) is 5.32 Å². The van der Waals surface area contributed by atoms with E-state index < -0.39 is 5.97 Å². The Labute approximate surface area is 215 Å². The summed E-state index contributed by atoms with van der Waals surface area (Å²) >= 11 is 1.60. The number of hydrogen-bond donors (Lipinski definition) is 2. The maximum Gasteiger partial charge on any atom is 0.303 e. The fourth-order valence-corrected chi connectivity index (χ4v) is 6.31. The summed E-state index contributed by atoms with van der Waals surface area (Å²) in [6.07, 6.45) is 11.0. The van der Waals surface area contributed by atoms with Crippen molar-refractivity contribution in [2.24, 2.45) is 11.8 Å². The smallest absolute Gasteiger partial charge is 0.303 e. The Morgan fingerprint density at radius 3 is 2.46 bits per heavy atom. The van der Waals surface area contributed by atoms with Crippen LogP contribution in [0.2, 0.25) is 0 Å². The number of carboxylic acids is 1. The molecule has 1 aliphatic carbocycles. The van der Waals surface area contributed by atoms with Gasteiger partial charge in [0.1, 0.15) is 0 Å². The fraction of sp³-hybridized carbons (Fsp3) is 0.533. The summed E-state index contributed by atoms with van der Waals surface area (Å²) in [7, 11) is 2.09. The SMILES string of the molecule is CNC(CCc1ccc(C(=O)CC(CSC)CC(=O)O)c(-c2ccccc2C)c1)C1CCCCC1. The number of thioether (sulfide) groups is 1. The lowest BCUT2D eigenvalue weighted by molar-refractivity contribution is -0.137. The number of carboxylic acid groups (broad SMARTS) is 1. The number of carbonyl (C=O) groups excluding carboxylic acids is 1. The van der Waals surface area contributed by atoms with Gasteiger partial charge in [0, 0.05) is 24.4 Å². The third kappa shape index (κ3) is 7.94. The van der Waals surface area contributed by atoms with Crippen molar-refractivity contribution in [3.63, 3.8) is 0 Å². The van der Waals surface area contributed by atoms with E-state index in [-0.39, 0.29) is 24.5 Å². The quantitative estimate of drug-likeness (QED) is 0.300. The second-order valence-corrected chi connectivity index (χ2v) is 11.0. The van der Waals surface area contributed by atoms with Crippen LogP contribution >= 0.6 is 11.8 Å². The molecule has 1 fully saturated rings. The van der Waals surface area contributed by atoms with E-state index in [1.165, 1.54) is 37.7 Å². The van der Waals surface area contributed by atoms with Crippen LogP contribution < -0.4 is 5.32 Å². The van der Waals surface area contributed by atoms with Crippen molar-refractivity contribution in [2.75, 3.05) is 19.1 Å². The van der Waals surface area contributed by atoms with Gasteiger partial charge in [0.25, 0.3) is 0 Å². The van der Waals surface area contributed by atoms with Crippen molar-refractivity contribution in [3.05, 3.63) is 59.2 Å². The lowest BCUT2D eigenvalue weighted by Gasteiger charge is -2.30. The molecule has 1 aliphatic rings. The van der Waals surface area contributed by atoms with Crippen LogP contribution in [0.5, 0.6) is 0 Å². The predicted molar refractivity (Wildman–Crippen MR) is 147 cm³/mol. The Balaban J connectivity index is 1.85. The van der Waals surface area contributed by atoms with E-state index in [0.29, 0.717) is 17.4 Å². The van der Waals surface area contributed by atoms with Crippen LogP contribution in [0.1, 0.15) is 72.9 Å². The van der Waals surface area contributed by atoms with E-state index >= 15 is 0 Å². The van der Waals surface area contributed by atoms with Crippen molar-refractivity contribution in [3.8, 4) is 11.1 Å². The summed E-state index contributed by atoms with van der Waals surface area (Å²) < 4.78 is 0. The molecule has 0 bridgehead atoms. The van der Waals surface area contributed by atoms with E-state index in [4.69, 9.17) is 0 Å². The monoisotopic (exact) mass is 495 g/mol. The molecule has 190 valence electrons. The second-order valence-electron chi connectivity index (χ2n) is 10.1.